The highest BCUT2D eigenvalue weighted by Gasteiger charge is 2.31. The van der Waals surface area contributed by atoms with Crippen molar-refractivity contribution in [1.29, 1.82) is 0 Å². The van der Waals surface area contributed by atoms with E-state index in [4.69, 9.17) is 16.3 Å². The number of halogens is 1. The Balaban J connectivity index is 1.64. The number of rotatable bonds is 6. The molecule has 28 heavy (non-hydrogen) atoms. The first-order chi connectivity index (χ1) is 13.4. The maximum absolute atomic E-state index is 12.4. The number of nitro benzene ring substituents is 1. The summed E-state index contributed by atoms with van der Waals surface area (Å²) in [5.41, 5.74) is 0.336. The number of nitro groups is 1. The quantitative estimate of drug-likeness (QED) is 0.590. The van der Waals surface area contributed by atoms with E-state index < -0.39 is 10.8 Å². The number of nitrogens with zero attached hydrogens (tertiary/aromatic N) is 2. The maximum Gasteiger partial charge on any atom is 0.282 e. The second kappa shape index (κ2) is 8.26. The Kier molecular flexibility index (Phi) is 5.79. The standard InChI is InChI=1S/C19H18ClN3O5/c1-28-15-5-3-14(4-6-15)22-11-12(8-18(22)24)10-21-19(25)16-9-13(20)2-7-17(16)23(26)27/h2-7,9,12H,8,10-11H2,1H3,(H,21,25). The molecule has 2 aromatic carbocycles. The molecule has 0 radical (unpaired) electrons. The summed E-state index contributed by atoms with van der Waals surface area (Å²) in [6.45, 7) is 0.671. The van der Waals surface area contributed by atoms with Crippen LogP contribution in [0, 0.1) is 16.0 Å². The monoisotopic (exact) mass is 403 g/mol. The molecule has 0 spiro atoms. The zero-order valence-corrected chi connectivity index (χ0v) is 15.8. The van der Waals surface area contributed by atoms with E-state index in [2.05, 4.69) is 5.32 Å². The van der Waals surface area contributed by atoms with Crippen LogP contribution < -0.4 is 15.0 Å². The van der Waals surface area contributed by atoms with Crippen LogP contribution in [0.15, 0.2) is 42.5 Å². The number of hydrogen-bond acceptors (Lipinski definition) is 5. The number of benzene rings is 2. The Labute approximate surface area is 166 Å². The van der Waals surface area contributed by atoms with Gasteiger partial charge in [-0.05, 0) is 36.4 Å². The lowest BCUT2D eigenvalue weighted by atomic mass is 10.1. The van der Waals surface area contributed by atoms with Crippen LogP contribution in [0.2, 0.25) is 5.02 Å². The van der Waals surface area contributed by atoms with E-state index in [-0.39, 0.29) is 41.1 Å². The van der Waals surface area contributed by atoms with Crippen LogP contribution in [0.3, 0.4) is 0 Å². The van der Waals surface area contributed by atoms with Crippen LogP contribution in [0.4, 0.5) is 11.4 Å². The summed E-state index contributed by atoms with van der Waals surface area (Å²) >= 11 is 5.86. The van der Waals surface area contributed by atoms with Gasteiger partial charge in [0, 0.05) is 42.2 Å². The van der Waals surface area contributed by atoms with Gasteiger partial charge in [0.1, 0.15) is 11.3 Å². The van der Waals surface area contributed by atoms with Gasteiger partial charge in [0.15, 0.2) is 0 Å². The average molecular weight is 404 g/mol. The highest BCUT2D eigenvalue weighted by atomic mass is 35.5. The molecule has 8 nitrogen and oxygen atoms in total. The predicted octanol–water partition coefficient (Wildman–Crippen LogP) is 3.04. The Morgan fingerprint density at radius 3 is 2.68 bits per heavy atom. The summed E-state index contributed by atoms with van der Waals surface area (Å²) in [6.07, 6.45) is 0.282. The summed E-state index contributed by atoms with van der Waals surface area (Å²) in [6, 6.07) is 11.0. The number of amides is 2. The summed E-state index contributed by atoms with van der Waals surface area (Å²) < 4.78 is 5.11. The third kappa shape index (κ3) is 4.23. The van der Waals surface area contributed by atoms with E-state index in [9.17, 15) is 19.7 Å². The molecule has 1 saturated heterocycles. The molecule has 1 N–H and O–H groups in total. The smallest absolute Gasteiger partial charge is 0.282 e. The van der Waals surface area contributed by atoms with Crippen LogP contribution in [-0.4, -0.2) is 36.9 Å². The van der Waals surface area contributed by atoms with Crippen molar-refractivity contribution in [2.45, 2.75) is 6.42 Å². The van der Waals surface area contributed by atoms with Crippen LogP contribution in [0.1, 0.15) is 16.8 Å². The van der Waals surface area contributed by atoms with Gasteiger partial charge in [-0.3, -0.25) is 19.7 Å². The molecule has 1 heterocycles. The fourth-order valence-corrected chi connectivity index (χ4v) is 3.28. The zero-order chi connectivity index (χ0) is 20.3. The molecule has 1 atom stereocenters. The van der Waals surface area contributed by atoms with Crippen molar-refractivity contribution in [2.75, 3.05) is 25.1 Å². The van der Waals surface area contributed by atoms with E-state index in [1.54, 1.807) is 36.3 Å². The minimum absolute atomic E-state index is 0.0434. The van der Waals surface area contributed by atoms with E-state index in [1.807, 2.05) is 0 Å². The van der Waals surface area contributed by atoms with Crippen molar-refractivity contribution < 1.29 is 19.2 Å². The van der Waals surface area contributed by atoms with Gasteiger partial charge >= 0.3 is 0 Å². The molecule has 0 aromatic heterocycles. The number of carbonyl (C=O) groups is 2. The number of anilines is 1. The second-order valence-corrected chi connectivity index (χ2v) is 6.84. The molecule has 1 aliphatic heterocycles. The Morgan fingerprint density at radius 1 is 1.32 bits per heavy atom. The van der Waals surface area contributed by atoms with Gasteiger partial charge in [-0.15, -0.1) is 0 Å². The second-order valence-electron chi connectivity index (χ2n) is 6.40. The molecule has 2 aromatic rings. The van der Waals surface area contributed by atoms with Crippen LogP contribution in [0.5, 0.6) is 5.75 Å². The van der Waals surface area contributed by atoms with Crippen molar-refractivity contribution in [3.8, 4) is 5.75 Å². The molecular weight excluding hydrogens is 386 g/mol. The van der Waals surface area contributed by atoms with Crippen molar-refractivity contribution in [3.05, 3.63) is 63.2 Å². The Bertz CT molecular complexity index is 916. The fraction of sp³-hybridized carbons (Fsp3) is 0.263. The Hall–Kier alpha value is -3.13. The molecule has 2 amide bonds. The van der Waals surface area contributed by atoms with Crippen molar-refractivity contribution in [1.82, 2.24) is 5.32 Å². The van der Waals surface area contributed by atoms with E-state index in [1.165, 1.54) is 18.2 Å². The average Bonchev–Trinajstić information content (AvgIpc) is 3.06. The minimum Gasteiger partial charge on any atom is -0.497 e. The molecule has 9 heteroatoms. The first-order valence-corrected chi connectivity index (χ1v) is 8.93. The van der Waals surface area contributed by atoms with Gasteiger partial charge in [0.05, 0.1) is 12.0 Å². The molecule has 0 bridgehead atoms. The lowest BCUT2D eigenvalue weighted by molar-refractivity contribution is -0.385. The van der Waals surface area contributed by atoms with E-state index in [0.717, 1.165) is 5.69 Å². The molecule has 1 fully saturated rings. The highest BCUT2D eigenvalue weighted by molar-refractivity contribution is 6.31. The molecule has 1 aliphatic rings. The lowest BCUT2D eigenvalue weighted by Gasteiger charge is -2.17. The molecule has 1 unspecified atom stereocenters. The summed E-state index contributed by atoms with van der Waals surface area (Å²) in [5, 5.41) is 14.0. The molecule has 3 rings (SSSR count). The highest BCUT2D eigenvalue weighted by Crippen LogP contribution is 2.27. The van der Waals surface area contributed by atoms with E-state index in [0.29, 0.717) is 12.3 Å². The van der Waals surface area contributed by atoms with Crippen molar-refractivity contribution in [2.24, 2.45) is 5.92 Å². The van der Waals surface area contributed by atoms with Gasteiger partial charge in [-0.25, -0.2) is 0 Å². The normalized spacial score (nSPS) is 16.1. The van der Waals surface area contributed by atoms with Crippen LogP contribution in [0.25, 0.3) is 0 Å². The number of carbonyl (C=O) groups excluding carboxylic acids is 2. The molecular formula is C19H18ClN3O5. The van der Waals surface area contributed by atoms with E-state index >= 15 is 0 Å². The van der Waals surface area contributed by atoms with Gasteiger partial charge in [0.2, 0.25) is 5.91 Å². The van der Waals surface area contributed by atoms with Crippen molar-refractivity contribution >= 4 is 34.8 Å². The third-order valence-corrected chi connectivity index (χ3v) is 4.78. The summed E-state index contributed by atoms with van der Waals surface area (Å²) in [7, 11) is 1.57. The summed E-state index contributed by atoms with van der Waals surface area (Å²) in [5.74, 6) is -0.0400. The number of ether oxygens (including phenoxy) is 1. The predicted molar refractivity (Wildman–Crippen MR) is 104 cm³/mol. The summed E-state index contributed by atoms with van der Waals surface area (Å²) in [4.78, 5) is 36.8. The number of hydrogen-bond donors (Lipinski definition) is 1. The zero-order valence-electron chi connectivity index (χ0n) is 15.1. The molecule has 0 saturated carbocycles. The molecule has 146 valence electrons. The van der Waals surface area contributed by atoms with Gasteiger partial charge in [-0.2, -0.15) is 0 Å². The lowest BCUT2D eigenvalue weighted by Crippen LogP contribution is -2.31. The Morgan fingerprint density at radius 2 is 2.04 bits per heavy atom. The number of nitrogens with one attached hydrogen (secondary N) is 1. The first kappa shape index (κ1) is 19.6. The van der Waals surface area contributed by atoms with Crippen LogP contribution >= 0.6 is 11.6 Å². The number of methoxy groups -OCH3 is 1. The minimum atomic E-state index is -0.629. The SMILES string of the molecule is COc1ccc(N2CC(CNC(=O)c3cc(Cl)ccc3[N+](=O)[O-])CC2=O)cc1. The van der Waals surface area contributed by atoms with Gasteiger partial charge in [0.25, 0.3) is 11.6 Å². The van der Waals surface area contributed by atoms with Crippen molar-refractivity contribution in [3.63, 3.8) is 0 Å². The topological polar surface area (TPSA) is 102 Å². The third-order valence-electron chi connectivity index (χ3n) is 4.54. The molecule has 0 aliphatic carbocycles. The largest absolute Gasteiger partial charge is 0.497 e. The van der Waals surface area contributed by atoms with Crippen LogP contribution in [-0.2, 0) is 4.79 Å². The van der Waals surface area contributed by atoms with Gasteiger partial charge in [-0.1, -0.05) is 11.6 Å². The fourth-order valence-electron chi connectivity index (χ4n) is 3.11. The van der Waals surface area contributed by atoms with Gasteiger partial charge < -0.3 is 15.0 Å². The maximum atomic E-state index is 12.4. The first-order valence-electron chi connectivity index (χ1n) is 8.55.